The summed E-state index contributed by atoms with van der Waals surface area (Å²) in [6, 6.07) is 123. The summed E-state index contributed by atoms with van der Waals surface area (Å²) >= 11 is 0. The maximum Gasteiger partial charge on any atom is 0.123 e. The van der Waals surface area contributed by atoms with E-state index in [2.05, 4.69) is 394 Å². The molecule has 0 fully saturated rings. The number of rotatable bonds is 27. The molecule has 0 radical (unpaired) electrons. The van der Waals surface area contributed by atoms with Gasteiger partial charge in [0, 0.05) is 111 Å². The molecule has 0 unspecified atom stereocenters. The topological polar surface area (TPSA) is 81.4 Å². The summed E-state index contributed by atoms with van der Waals surface area (Å²) in [6.07, 6.45) is 46.2. The summed E-state index contributed by atoms with van der Waals surface area (Å²) < 4.78 is 26.7. The van der Waals surface area contributed by atoms with E-state index in [4.69, 9.17) is 9.47 Å². The van der Waals surface area contributed by atoms with Crippen molar-refractivity contribution in [3.8, 4) is 17.2 Å². The van der Waals surface area contributed by atoms with E-state index in [0.29, 0.717) is 0 Å². The highest BCUT2D eigenvalue weighted by Gasteiger charge is 2.21. The van der Waals surface area contributed by atoms with Crippen LogP contribution in [0.1, 0.15) is 113 Å². The maximum absolute atomic E-state index is 13.5. The summed E-state index contributed by atoms with van der Waals surface area (Å²) in [7, 11) is 3.37. The molecule has 0 spiro atoms. The molecule has 13 aromatic carbocycles. The molecule has 1 aliphatic carbocycles. The second kappa shape index (κ2) is 42.0. The maximum atomic E-state index is 13.5. The van der Waals surface area contributed by atoms with Gasteiger partial charge in [-0.15, -0.1) is 0 Å². The van der Waals surface area contributed by atoms with E-state index in [9.17, 15) is 4.39 Å². The lowest BCUT2D eigenvalue weighted by Crippen LogP contribution is -2.12. The van der Waals surface area contributed by atoms with E-state index in [-0.39, 0.29) is 5.82 Å². The van der Waals surface area contributed by atoms with E-state index in [1.54, 1.807) is 14.2 Å². The second-order valence-corrected chi connectivity index (χ2v) is 33.1. The summed E-state index contributed by atoms with van der Waals surface area (Å²) in [5.41, 5.74) is 35.1. The minimum absolute atomic E-state index is 0.211. The number of pyridine rings is 4. The molecular formula is C123H100FN7O2. The Morgan fingerprint density at radius 3 is 1.12 bits per heavy atom. The molecule has 0 aliphatic heterocycles. The average molecular weight is 1730 g/mol. The van der Waals surface area contributed by atoms with Gasteiger partial charge in [0.05, 0.1) is 25.3 Å². The van der Waals surface area contributed by atoms with Crippen LogP contribution in [0.3, 0.4) is 0 Å². The first-order valence-electron chi connectivity index (χ1n) is 45.1. The minimum Gasteiger partial charge on any atom is -0.497 e. The van der Waals surface area contributed by atoms with E-state index >= 15 is 0 Å². The number of anilines is 6. The molecule has 646 valence electrons. The number of hydrogen-bond acceptors (Lipinski definition) is 8. The van der Waals surface area contributed by atoms with Crippen molar-refractivity contribution in [3.63, 3.8) is 0 Å². The third kappa shape index (κ3) is 21.4. The van der Waals surface area contributed by atoms with Crippen molar-refractivity contribution in [1.82, 2.24) is 24.5 Å². The van der Waals surface area contributed by atoms with Crippen LogP contribution in [0.15, 0.2) is 450 Å². The summed E-state index contributed by atoms with van der Waals surface area (Å²) in [6.45, 7) is 4.14. The first-order valence-corrected chi connectivity index (χ1v) is 45.1. The van der Waals surface area contributed by atoms with Crippen molar-refractivity contribution in [2.24, 2.45) is 0 Å². The number of benzene rings is 13. The van der Waals surface area contributed by atoms with E-state index in [1.165, 1.54) is 63.6 Å². The van der Waals surface area contributed by atoms with Gasteiger partial charge in [-0.3, -0.25) is 19.9 Å². The highest BCUT2D eigenvalue weighted by Crippen LogP contribution is 2.43. The lowest BCUT2D eigenvalue weighted by atomic mass is 9.91. The molecule has 0 atom stereocenters. The lowest BCUT2D eigenvalue weighted by Gasteiger charge is -2.27. The molecular weight excluding hydrogens is 1630 g/mol. The molecule has 133 heavy (non-hydrogen) atoms. The number of fused-ring (bicyclic) bond motifs is 4. The fraction of sp³-hybridized carbons (Fsp3) is 0.0732. The number of nitrogens with zero attached hydrogens (tertiary/aromatic N) is 7. The number of aromatic nitrogens is 5. The number of hydrogen-bond donors (Lipinski definition) is 0. The lowest BCUT2D eigenvalue weighted by molar-refractivity contribution is 0.414. The van der Waals surface area contributed by atoms with Crippen molar-refractivity contribution in [2.75, 3.05) is 24.0 Å². The van der Waals surface area contributed by atoms with Gasteiger partial charge in [-0.25, -0.2) is 4.39 Å². The number of ether oxygens (including phenoxy) is 2. The fourth-order valence-electron chi connectivity index (χ4n) is 17.4. The number of allylic oxidation sites excluding steroid dienone is 8. The van der Waals surface area contributed by atoms with E-state index in [1.807, 2.05) is 116 Å². The zero-order valence-corrected chi connectivity index (χ0v) is 74.9. The van der Waals surface area contributed by atoms with Crippen LogP contribution >= 0.6 is 0 Å². The van der Waals surface area contributed by atoms with Gasteiger partial charge >= 0.3 is 0 Å². The molecule has 0 amide bonds. The molecule has 0 bridgehead atoms. The predicted octanol–water partition coefficient (Wildman–Crippen LogP) is 30.8. The Hall–Kier alpha value is -16.7. The van der Waals surface area contributed by atoms with Crippen molar-refractivity contribution in [2.45, 2.75) is 46.0 Å². The van der Waals surface area contributed by atoms with Crippen molar-refractivity contribution in [1.29, 1.82) is 0 Å². The van der Waals surface area contributed by atoms with Crippen LogP contribution < -0.4 is 19.3 Å². The number of methoxy groups -OCH3 is 2. The molecule has 0 N–H and O–H groups in total. The molecule has 0 saturated carbocycles. The molecule has 10 heteroatoms. The summed E-state index contributed by atoms with van der Waals surface area (Å²) in [4.78, 5) is 22.1. The molecule has 9 nitrogen and oxygen atoms in total. The predicted molar refractivity (Wildman–Crippen MR) is 552 cm³/mol. The summed E-state index contributed by atoms with van der Waals surface area (Å²) in [5, 5.41) is 2.39. The monoisotopic (exact) mass is 1730 g/mol. The van der Waals surface area contributed by atoms with Gasteiger partial charge < -0.3 is 23.8 Å². The first kappa shape index (κ1) is 87.0. The SMILES string of the molecule is COc1ccc(C(=C/C=C/c2ccc(N(c3ccc(/C=C/C=C(c4ccncc4)c4ccncc4)cc3)c3ccc4c(c3)c3ccccc3n4-c3ccccc3)cc2)c2ccc(OC)cc2)cc1.Cc1cncc(C(=C/C=C/c2ccc(N(c3ccc(/C=C/C=C(\c4ccccc4)c4ccc(Cc5ccc(F)cc5)cc4)cc3)c3ccc4c(c3)CCCC4)cc2)c2cncc(C)c2)c1. The summed E-state index contributed by atoms with van der Waals surface area (Å²) in [5.74, 6) is 1.43. The Morgan fingerprint density at radius 1 is 0.316 bits per heavy atom. The highest BCUT2D eigenvalue weighted by molar-refractivity contribution is 6.11. The van der Waals surface area contributed by atoms with E-state index < -0.39 is 0 Å². The van der Waals surface area contributed by atoms with Gasteiger partial charge in [0.1, 0.15) is 17.3 Å². The fourth-order valence-corrected chi connectivity index (χ4v) is 17.4. The average Bonchev–Trinajstić information content (AvgIpc) is 1.59. The standard InChI is InChI=1S/C62H48N4O2.C61H52FN3/c1-67-55-31-22-47(23-32-55)57(48-24-33-56(68-2)34-25-48)15-8-10-45-18-26-52(27-19-45)65(54-30-35-62-60(44-54)59-14-6-7-17-61(59)66(62)51-12-4-3-5-13-51)53-28-20-46(21-29-53)11-9-16-58(49-36-40-63-41-37-49)50-38-42-64-43-39-50;1-44-36-54(42-63-40-44)61(55-37-45(2)41-64-43-55)17-9-11-47-24-33-58(34-25-47)65(59-35-28-50-12-6-7-15-53(50)39-59)57-31-22-46(23-32-57)10-8-16-60(51-13-4-3-5-14-51)52-26-18-48(19-27-52)38-49-20-29-56(62)30-21-49/h3-44H,1-2H3;3-5,8-11,13-14,16-37,39-43H,6-7,12,15,38H2,1-2H3/b10-8+,11-9+;10-8+,11-9+,60-16+. The second-order valence-electron chi connectivity index (χ2n) is 33.1. The van der Waals surface area contributed by atoms with Gasteiger partial charge in [-0.2, -0.15) is 0 Å². The smallest absolute Gasteiger partial charge is 0.123 e. The largest absolute Gasteiger partial charge is 0.497 e. The first-order chi connectivity index (χ1) is 65.5. The van der Waals surface area contributed by atoms with E-state index in [0.717, 1.165) is 176 Å². The molecule has 0 saturated heterocycles. The van der Waals surface area contributed by atoms with Gasteiger partial charge in [-0.05, 0) is 327 Å². The molecule has 19 rings (SSSR count). The molecule has 18 aromatic rings. The Morgan fingerprint density at radius 2 is 0.677 bits per heavy atom. The number of halogens is 1. The zero-order chi connectivity index (χ0) is 90.4. The highest BCUT2D eigenvalue weighted by atomic mass is 19.1. The minimum atomic E-state index is -0.211. The Kier molecular flexibility index (Phi) is 27.5. The van der Waals surface area contributed by atoms with Gasteiger partial charge in [0.15, 0.2) is 0 Å². The van der Waals surface area contributed by atoms with Crippen LogP contribution in [0.2, 0.25) is 0 Å². The van der Waals surface area contributed by atoms with Crippen LogP contribution in [-0.4, -0.2) is 38.7 Å². The Balaban J connectivity index is 0.000000178. The van der Waals surface area contributed by atoms with Crippen LogP contribution in [-0.2, 0) is 19.3 Å². The van der Waals surface area contributed by atoms with Gasteiger partial charge in [-0.1, -0.05) is 255 Å². The van der Waals surface area contributed by atoms with Crippen molar-refractivity contribution >= 4 is 103 Å². The van der Waals surface area contributed by atoms with Crippen molar-refractivity contribution < 1.29 is 13.9 Å². The zero-order valence-electron chi connectivity index (χ0n) is 74.9. The molecule has 5 heterocycles. The van der Waals surface area contributed by atoms with Crippen LogP contribution in [0.25, 0.3) is 74.1 Å². The third-order valence-corrected chi connectivity index (χ3v) is 24.2. The number of para-hydroxylation sites is 2. The van der Waals surface area contributed by atoms with Crippen LogP contribution in [0, 0.1) is 19.7 Å². The quantitative estimate of drug-likeness (QED) is 0.0471. The normalized spacial score (nSPS) is 11.9. The third-order valence-electron chi connectivity index (χ3n) is 24.2. The van der Waals surface area contributed by atoms with Gasteiger partial charge in [0.2, 0.25) is 0 Å². The molecule has 1 aliphatic rings. The number of aryl methyl sites for hydroxylation is 4. The van der Waals surface area contributed by atoms with Crippen LogP contribution in [0.5, 0.6) is 11.5 Å². The Labute approximate surface area is 778 Å². The van der Waals surface area contributed by atoms with Crippen molar-refractivity contribution in [3.05, 3.63) is 556 Å². The Bertz CT molecular complexity index is 7150. The van der Waals surface area contributed by atoms with Crippen LogP contribution in [0.4, 0.5) is 38.5 Å². The van der Waals surface area contributed by atoms with Gasteiger partial charge in [0.25, 0.3) is 0 Å². The molecule has 5 aromatic heterocycles.